The van der Waals surface area contributed by atoms with Crippen LogP contribution in [0.25, 0.3) is 0 Å². The minimum atomic E-state index is -0.342. The van der Waals surface area contributed by atoms with E-state index in [0.29, 0.717) is 13.0 Å². The van der Waals surface area contributed by atoms with Gasteiger partial charge >= 0.3 is 0 Å². The maximum atomic E-state index is 12.8. The summed E-state index contributed by atoms with van der Waals surface area (Å²) in [5, 5.41) is 6.36. The summed E-state index contributed by atoms with van der Waals surface area (Å²) in [4.78, 5) is 12.8. The van der Waals surface area contributed by atoms with Crippen molar-refractivity contribution in [3.63, 3.8) is 0 Å². The zero-order chi connectivity index (χ0) is 18.4. The molecule has 5 nitrogen and oxygen atoms in total. The molecular formula is C21H26N2O3. The van der Waals surface area contributed by atoms with Crippen LogP contribution in [0.1, 0.15) is 11.1 Å². The quantitative estimate of drug-likeness (QED) is 0.763. The summed E-state index contributed by atoms with van der Waals surface area (Å²) >= 11 is 0. The van der Waals surface area contributed by atoms with Crippen LogP contribution in [0.4, 0.5) is 0 Å². The highest BCUT2D eigenvalue weighted by Gasteiger charge is 2.43. The zero-order valence-electron chi connectivity index (χ0n) is 15.4. The van der Waals surface area contributed by atoms with Crippen molar-refractivity contribution in [1.29, 1.82) is 0 Å². The fraction of sp³-hybridized carbons (Fsp3) is 0.381. The molecule has 1 amide bonds. The van der Waals surface area contributed by atoms with Crippen LogP contribution < -0.4 is 20.1 Å². The number of ether oxygens (including phenoxy) is 2. The van der Waals surface area contributed by atoms with Crippen molar-refractivity contribution in [3.8, 4) is 11.5 Å². The van der Waals surface area contributed by atoms with E-state index in [1.165, 1.54) is 5.56 Å². The summed E-state index contributed by atoms with van der Waals surface area (Å²) in [5.41, 5.74) is 1.91. The van der Waals surface area contributed by atoms with Crippen LogP contribution in [0.15, 0.2) is 48.5 Å². The number of hydrogen-bond acceptors (Lipinski definition) is 4. The molecule has 1 aliphatic heterocycles. The zero-order valence-corrected chi connectivity index (χ0v) is 15.4. The highest BCUT2D eigenvalue weighted by atomic mass is 16.5. The maximum absolute atomic E-state index is 12.8. The van der Waals surface area contributed by atoms with Crippen LogP contribution in [0.3, 0.4) is 0 Å². The van der Waals surface area contributed by atoms with Crippen LogP contribution in [0.5, 0.6) is 11.5 Å². The lowest BCUT2D eigenvalue weighted by Gasteiger charge is -2.41. The molecule has 138 valence electrons. The molecule has 0 spiro atoms. The van der Waals surface area contributed by atoms with E-state index in [1.54, 1.807) is 14.2 Å². The molecule has 3 rings (SSSR count). The number of hydrogen-bond donors (Lipinski definition) is 2. The summed E-state index contributed by atoms with van der Waals surface area (Å²) in [5.74, 6) is 1.66. The van der Waals surface area contributed by atoms with E-state index in [2.05, 4.69) is 22.8 Å². The van der Waals surface area contributed by atoms with Gasteiger partial charge in [-0.25, -0.2) is 0 Å². The third-order valence-corrected chi connectivity index (χ3v) is 4.97. The molecule has 0 atom stereocenters. The second kappa shape index (κ2) is 8.23. The molecular weight excluding hydrogens is 328 g/mol. The predicted octanol–water partition coefficient (Wildman–Crippen LogP) is 2.19. The van der Waals surface area contributed by atoms with Crippen LogP contribution in [0, 0.1) is 5.41 Å². The number of methoxy groups -OCH3 is 2. The number of benzene rings is 2. The number of amides is 1. The molecule has 0 saturated carbocycles. The van der Waals surface area contributed by atoms with Gasteiger partial charge in [-0.3, -0.25) is 4.79 Å². The second-order valence-electron chi connectivity index (χ2n) is 6.73. The van der Waals surface area contributed by atoms with E-state index >= 15 is 0 Å². The predicted molar refractivity (Wildman–Crippen MR) is 102 cm³/mol. The average Bonchev–Trinajstić information content (AvgIpc) is 2.65. The first-order valence-electron chi connectivity index (χ1n) is 8.91. The van der Waals surface area contributed by atoms with Crippen LogP contribution in [0.2, 0.25) is 0 Å². The van der Waals surface area contributed by atoms with Crippen molar-refractivity contribution < 1.29 is 14.3 Å². The first-order valence-corrected chi connectivity index (χ1v) is 8.91. The van der Waals surface area contributed by atoms with E-state index < -0.39 is 0 Å². The highest BCUT2D eigenvalue weighted by molar-refractivity contribution is 5.84. The Morgan fingerprint density at radius 1 is 1.12 bits per heavy atom. The Labute approximate surface area is 154 Å². The smallest absolute Gasteiger partial charge is 0.229 e. The van der Waals surface area contributed by atoms with Crippen molar-refractivity contribution >= 4 is 5.91 Å². The normalized spacial score (nSPS) is 15.0. The largest absolute Gasteiger partial charge is 0.497 e. The van der Waals surface area contributed by atoms with E-state index in [-0.39, 0.29) is 11.3 Å². The molecule has 5 heteroatoms. The standard InChI is InChI=1S/C21H26N2O3/c1-25-18-9-8-17(19(12-18)26-2)10-11-23-20(24)21(14-22-15-21)13-16-6-4-3-5-7-16/h3-9,12,22H,10-11,13-15H2,1-2H3,(H,23,24). The minimum Gasteiger partial charge on any atom is -0.497 e. The van der Waals surface area contributed by atoms with Crippen molar-refractivity contribution in [1.82, 2.24) is 10.6 Å². The van der Waals surface area contributed by atoms with Crippen molar-refractivity contribution in [2.24, 2.45) is 5.41 Å². The van der Waals surface area contributed by atoms with Crippen molar-refractivity contribution in [2.75, 3.05) is 33.9 Å². The first-order chi connectivity index (χ1) is 12.7. The molecule has 2 N–H and O–H groups in total. The Balaban J connectivity index is 1.58. The van der Waals surface area contributed by atoms with Crippen LogP contribution >= 0.6 is 0 Å². The van der Waals surface area contributed by atoms with E-state index in [4.69, 9.17) is 9.47 Å². The number of carbonyl (C=O) groups excluding carboxylic acids is 1. The summed E-state index contributed by atoms with van der Waals surface area (Å²) in [7, 11) is 3.28. The SMILES string of the molecule is COc1ccc(CCNC(=O)C2(Cc3ccccc3)CNC2)c(OC)c1. The van der Waals surface area contributed by atoms with Gasteiger partial charge in [-0.15, -0.1) is 0 Å². The Hall–Kier alpha value is -2.53. The van der Waals surface area contributed by atoms with Crippen molar-refractivity contribution in [2.45, 2.75) is 12.8 Å². The van der Waals surface area contributed by atoms with Crippen molar-refractivity contribution in [3.05, 3.63) is 59.7 Å². The van der Waals surface area contributed by atoms with Gasteiger partial charge in [0.15, 0.2) is 0 Å². The first kappa shape index (κ1) is 18.3. The molecule has 0 aliphatic carbocycles. The molecule has 26 heavy (non-hydrogen) atoms. The maximum Gasteiger partial charge on any atom is 0.229 e. The average molecular weight is 354 g/mol. The second-order valence-corrected chi connectivity index (χ2v) is 6.73. The molecule has 2 aromatic carbocycles. The molecule has 1 fully saturated rings. The molecule has 0 unspecified atom stereocenters. The van der Waals surface area contributed by atoms with Crippen LogP contribution in [-0.4, -0.2) is 39.8 Å². The molecule has 1 saturated heterocycles. The Morgan fingerprint density at radius 3 is 2.50 bits per heavy atom. The van der Waals surface area contributed by atoms with Gasteiger partial charge in [-0.05, 0) is 30.0 Å². The van der Waals surface area contributed by atoms with Crippen LogP contribution in [-0.2, 0) is 17.6 Å². The lowest BCUT2D eigenvalue weighted by molar-refractivity contribution is -0.133. The van der Waals surface area contributed by atoms with Gasteiger partial charge in [0.1, 0.15) is 11.5 Å². The lowest BCUT2D eigenvalue weighted by atomic mass is 9.75. The topological polar surface area (TPSA) is 59.6 Å². The Bertz CT molecular complexity index is 742. The summed E-state index contributed by atoms with van der Waals surface area (Å²) in [6.07, 6.45) is 1.48. The van der Waals surface area contributed by atoms with Gasteiger partial charge < -0.3 is 20.1 Å². The molecule has 0 radical (unpaired) electrons. The molecule has 0 bridgehead atoms. The minimum absolute atomic E-state index is 0.118. The summed E-state index contributed by atoms with van der Waals surface area (Å²) in [6, 6.07) is 15.9. The van der Waals surface area contributed by atoms with E-state index in [1.807, 2.05) is 36.4 Å². The molecule has 1 aliphatic rings. The van der Waals surface area contributed by atoms with Gasteiger partial charge in [-0.1, -0.05) is 36.4 Å². The molecule has 2 aromatic rings. The van der Waals surface area contributed by atoms with Gasteiger partial charge in [0.05, 0.1) is 19.6 Å². The highest BCUT2D eigenvalue weighted by Crippen LogP contribution is 2.28. The third kappa shape index (κ3) is 3.99. The molecule has 0 aromatic heterocycles. The monoisotopic (exact) mass is 354 g/mol. The number of carbonyl (C=O) groups is 1. The van der Waals surface area contributed by atoms with E-state index in [0.717, 1.165) is 36.6 Å². The Kier molecular flexibility index (Phi) is 5.78. The van der Waals surface area contributed by atoms with Gasteiger partial charge in [0.2, 0.25) is 5.91 Å². The van der Waals surface area contributed by atoms with Gasteiger partial charge in [0.25, 0.3) is 0 Å². The van der Waals surface area contributed by atoms with Gasteiger partial charge in [-0.2, -0.15) is 0 Å². The number of nitrogens with one attached hydrogen (secondary N) is 2. The van der Waals surface area contributed by atoms with E-state index in [9.17, 15) is 4.79 Å². The third-order valence-electron chi connectivity index (χ3n) is 4.97. The lowest BCUT2D eigenvalue weighted by Crippen LogP contribution is -2.62. The fourth-order valence-corrected chi connectivity index (χ4v) is 3.34. The fourth-order valence-electron chi connectivity index (χ4n) is 3.34. The number of rotatable bonds is 8. The Morgan fingerprint density at radius 2 is 1.88 bits per heavy atom. The molecule has 1 heterocycles. The summed E-state index contributed by atoms with van der Waals surface area (Å²) < 4.78 is 10.6. The summed E-state index contributed by atoms with van der Waals surface area (Å²) in [6.45, 7) is 2.03. The van der Waals surface area contributed by atoms with Gasteiger partial charge in [0, 0.05) is 25.7 Å².